The minimum absolute atomic E-state index is 0.298. The van der Waals surface area contributed by atoms with E-state index in [1.807, 2.05) is 25.1 Å². The molecule has 2 aromatic rings. The second-order valence-electron chi connectivity index (χ2n) is 4.95. The molecular weight excluding hydrogens is 258 g/mol. The molecule has 0 fully saturated rings. The second kappa shape index (κ2) is 4.94. The first kappa shape index (κ1) is 12.6. The molecule has 3 nitrogen and oxygen atoms in total. The number of fused-ring (bicyclic) bond motifs is 1. The van der Waals surface area contributed by atoms with Gasteiger partial charge >= 0.3 is 0 Å². The molecule has 0 saturated heterocycles. The predicted molar refractivity (Wildman–Crippen MR) is 75.6 cm³/mol. The van der Waals surface area contributed by atoms with Gasteiger partial charge in [0.1, 0.15) is 17.4 Å². The minimum atomic E-state index is -0.298. The molecule has 0 spiro atoms. The van der Waals surface area contributed by atoms with Gasteiger partial charge in [-0.15, -0.1) is 11.3 Å². The van der Waals surface area contributed by atoms with Crippen molar-refractivity contribution in [1.82, 2.24) is 4.98 Å². The fourth-order valence-electron chi connectivity index (χ4n) is 2.41. The van der Waals surface area contributed by atoms with E-state index in [9.17, 15) is 5.11 Å². The average molecular weight is 275 g/mol. The molecule has 1 aromatic carbocycles. The van der Waals surface area contributed by atoms with Crippen LogP contribution < -0.4 is 4.74 Å². The molecular formula is C15H17NO2S. The van der Waals surface area contributed by atoms with Crippen LogP contribution in [0, 0.1) is 13.8 Å². The van der Waals surface area contributed by atoms with Crippen molar-refractivity contribution < 1.29 is 9.84 Å². The van der Waals surface area contributed by atoms with Gasteiger partial charge in [0, 0.05) is 4.88 Å². The summed E-state index contributed by atoms with van der Waals surface area (Å²) in [6.07, 6.45) is 1.46. The van der Waals surface area contributed by atoms with Gasteiger partial charge in [0.05, 0.1) is 11.8 Å². The molecule has 0 amide bonds. The monoisotopic (exact) mass is 275 g/mol. The fraction of sp³-hybridized carbons (Fsp3) is 0.400. The number of ether oxygens (including phenoxy) is 1. The molecule has 1 aromatic heterocycles. The van der Waals surface area contributed by atoms with Crippen molar-refractivity contribution in [3.05, 3.63) is 44.9 Å². The predicted octanol–water partition coefficient (Wildman–Crippen LogP) is 3.32. The van der Waals surface area contributed by atoms with Gasteiger partial charge in [0.2, 0.25) is 0 Å². The number of rotatable bonds is 3. The van der Waals surface area contributed by atoms with Crippen molar-refractivity contribution >= 4 is 11.3 Å². The Morgan fingerprint density at radius 3 is 3.00 bits per heavy atom. The highest BCUT2D eigenvalue weighted by molar-refractivity contribution is 7.11. The highest BCUT2D eigenvalue weighted by Gasteiger charge is 2.20. The van der Waals surface area contributed by atoms with E-state index in [1.54, 1.807) is 11.3 Å². The number of hydrogen-bond acceptors (Lipinski definition) is 4. The first-order valence-corrected chi connectivity index (χ1v) is 7.32. The third-order valence-corrected chi connectivity index (χ3v) is 4.64. The lowest BCUT2D eigenvalue weighted by Gasteiger charge is -2.07. The van der Waals surface area contributed by atoms with Crippen LogP contribution in [0.3, 0.4) is 0 Å². The molecule has 3 rings (SSSR count). The number of aliphatic hydroxyl groups excluding tert-OH is 1. The number of aliphatic hydroxyl groups is 1. The van der Waals surface area contributed by atoms with Gasteiger partial charge in [-0.2, -0.15) is 0 Å². The summed E-state index contributed by atoms with van der Waals surface area (Å²) in [4.78, 5) is 5.71. The summed E-state index contributed by atoms with van der Waals surface area (Å²) in [7, 11) is 0. The standard InChI is InChI=1S/C15H17NO2S/c1-9-10(2)19-15(16-9)8-18-12-4-5-13-11(7-12)3-6-14(13)17/h4-5,7,14,17H,3,6,8H2,1-2H3. The summed E-state index contributed by atoms with van der Waals surface area (Å²) >= 11 is 1.68. The van der Waals surface area contributed by atoms with Crippen LogP contribution in [0.1, 0.15) is 39.2 Å². The quantitative estimate of drug-likeness (QED) is 0.934. The molecule has 1 aliphatic carbocycles. The minimum Gasteiger partial charge on any atom is -0.486 e. The summed E-state index contributed by atoms with van der Waals surface area (Å²) in [5, 5.41) is 10.8. The average Bonchev–Trinajstić information content (AvgIpc) is 2.91. The fourth-order valence-corrected chi connectivity index (χ4v) is 3.25. The number of aryl methyl sites for hydroxylation is 3. The van der Waals surface area contributed by atoms with Crippen molar-refractivity contribution in [2.45, 2.75) is 39.4 Å². The number of thiazole rings is 1. The Morgan fingerprint density at radius 2 is 2.26 bits per heavy atom. The molecule has 1 unspecified atom stereocenters. The number of aromatic nitrogens is 1. The Balaban J connectivity index is 1.71. The highest BCUT2D eigenvalue weighted by Crippen LogP contribution is 2.33. The number of benzene rings is 1. The molecule has 1 heterocycles. The second-order valence-corrected chi connectivity index (χ2v) is 6.24. The Kier molecular flexibility index (Phi) is 3.29. The zero-order chi connectivity index (χ0) is 13.4. The zero-order valence-corrected chi connectivity index (χ0v) is 12.0. The van der Waals surface area contributed by atoms with Gasteiger partial charge in [0.15, 0.2) is 0 Å². The molecule has 1 N–H and O–H groups in total. The van der Waals surface area contributed by atoms with E-state index in [0.29, 0.717) is 6.61 Å². The molecule has 0 saturated carbocycles. The largest absolute Gasteiger partial charge is 0.486 e. The Hall–Kier alpha value is -1.39. The van der Waals surface area contributed by atoms with Crippen molar-refractivity contribution in [1.29, 1.82) is 0 Å². The Morgan fingerprint density at radius 1 is 1.42 bits per heavy atom. The van der Waals surface area contributed by atoms with Crippen molar-refractivity contribution in [3.63, 3.8) is 0 Å². The zero-order valence-electron chi connectivity index (χ0n) is 11.1. The van der Waals surface area contributed by atoms with E-state index in [2.05, 4.69) is 11.9 Å². The number of hydrogen-bond donors (Lipinski definition) is 1. The maximum absolute atomic E-state index is 9.76. The summed E-state index contributed by atoms with van der Waals surface area (Å²) in [5.41, 5.74) is 3.34. The smallest absolute Gasteiger partial charge is 0.140 e. The maximum atomic E-state index is 9.76. The lowest BCUT2D eigenvalue weighted by Crippen LogP contribution is -1.96. The molecule has 1 aliphatic rings. The first-order valence-electron chi connectivity index (χ1n) is 6.50. The highest BCUT2D eigenvalue weighted by atomic mass is 32.1. The topological polar surface area (TPSA) is 42.4 Å². The van der Waals surface area contributed by atoms with Crippen LogP contribution in [0.2, 0.25) is 0 Å². The van der Waals surface area contributed by atoms with Crippen LogP contribution in [0.4, 0.5) is 0 Å². The summed E-state index contributed by atoms with van der Waals surface area (Å²) in [6, 6.07) is 5.94. The van der Waals surface area contributed by atoms with Crippen LogP contribution in [-0.4, -0.2) is 10.1 Å². The van der Waals surface area contributed by atoms with E-state index in [-0.39, 0.29) is 6.10 Å². The lowest BCUT2D eigenvalue weighted by molar-refractivity contribution is 0.180. The van der Waals surface area contributed by atoms with Gasteiger partial charge in [-0.25, -0.2) is 4.98 Å². The third kappa shape index (κ3) is 2.51. The SMILES string of the molecule is Cc1nc(COc2ccc3c(c2)CCC3O)sc1C. The van der Waals surface area contributed by atoms with Gasteiger partial charge in [-0.3, -0.25) is 0 Å². The van der Waals surface area contributed by atoms with Crippen LogP contribution in [0.15, 0.2) is 18.2 Å². The molecule has 4 heteroatoms. The van der Waals surface area contributed by atoms with E-state index in [1.165, 1.54) is 10.4 Å². The van der Waals surface area contributed by atoms with Crippen LogP contribution in [0.5, 0.6) is 5.75 Å². The van der Waals surface area contributed by atoms with E-state index >= 15 is 0 Å². The Bertz CT molecular complexity index is 587. The normalized spacial score (nSPS) is 17.5. The summed E-state index contributed by atoms with van der Waals surface area (Å²) in [6.45, 7) is 4.61. The molecule has 0 bridgehead atoms. The van der Waals surface area contributed by atoms with Gasteiger partial charge < -0.3 is 9.84 Å². The lowest BCUT2D eigenvalue weighted by atomic mass is 10.1. The van der Waals surface area contributed by atoms with E-state index < -0.39 is 0 Å². The van der Waals surface area contributed by atoms with Gasteiger partial charge in [-0.1, -0.05) is 6.07 Å². The van der Waals surface area contributed by atoms with Gasteiger partial charge in [0.25, 0.3) is 0 Å². The molecule has 100 valence electrons. The molecule has 0 aliphatic heterocycles. The number of nitrogens with zero attached hydrogens (tertiary/aromatic N) is 1. The van der Waals surface area contributed by atoms with Crippen molar-refractivity contribution in [2.24, 2.45) is 0 Å². The Labute approximate surface area is 116 Å². The van der Waals surface area contributed by atoms with Gasteiger partial charge in [-0.05, 0) is 49.9 Å². The summed E-state index contributed by atoms with van der Waals surface area (Å²) < 4.78 is 5.79. The van der Waals surface area contributed by atoms with Crippen LogP contribution in [-0.2, 0) is 13.0 Å². The molecule has 19 heavy (non-hydrogen) atoms. The maximum Gasteiger partial charge on any atom is 0.140 e. The van der Waals surface area contributed by atoms with E-state index in [4.69, 9.17) is 4.74 Å². The van der Waals surface area contributed by atoms with Crippen molar-refractivity contribution in [2.75, 3.05) is 0 Å². The van der Waals surface area contributed by atoms with Crippen molar-refractivity contribution in [3.8, 4) is 5.75 Å². The third-order valence-electron chi connectivity index (χ3n) is 3.60. The van der Waals surface area contributed by atoms with Crippen LogP contribution in [0.25, 0.3) is 0 Å². The molecule has 0 radical (unpaired) electrons. The first-order chi connectivity index (χ1) is 9.13. The van der Waals surface area contributed by atoms with Crippen LogP contribution >= 0.6 is 11.3 Å². The van der Waals surface area contributed by atoms with E-state index in [0.717, 1.165) is 34.9 Å². The molecule has 1 atom stereocenters. The summed E-state index contributed by atoms with van der Waals surface area (Å²) in [5.74, 6) is 0.860.